The Morgan fingerprint density at radius 3 is 2.58 bits per heavy atom. The molecule has 1 saturated heterocycles. The van der Waals surface area contributed by atoms with E-state index in [-0.39, 0.29) is 10.8 Å². The maximum Gasteiger partial charge on any atom is 0.253 e. The van der Waals surface area contributed by atoms with E-state index in [1.807, 2.05) is 4.90 Å². The van der Waals surface area contributed by atoms with E-state index in [4.69, 9.17) is 10.5 Å². The molecule has 0 aromatic heterocycles. The van der Waals surface area contributed by atoms with Crippen LogP contribution in [0.3, 0.4) is 0 Å². The molecule has 0 saturated carbocycles. The number of nitrogens with two attached hydrogens (primary N) is 1. The lowest BCUT2D eigenvalue weighted by atomic mass is 10.1. The molecule has 9 heteroatoms. The number of amides is 1. The SMILES string of the molecule is CN(C)S(=O)(=O)c1ccc(N2CCOCC2)c(C(=O)NCCN)c1. The van der Waals surface area contributed by atoms with Crippen LogP contribution in [0.15, 0.2) is 23.1 Å². The lowest BCUT2D eigenvalue weighted by molar-refractivity contribution is 0.0953. The number of carbonyl (C=O) groups is 1. The van der Waals surface area contributed by atoms with Crippen molar-refractivity contribution in [1.82, 2.24) is 9.62 Å². The number of carbonyl (C=O) groups excluding carboxylic acids is 1. The Labute approximate surface area is 142 Å². The Kier molecular flexibility index (Phi) is 6.16. The number of hydrogen-bond donors (Lipinski definition) is 2. The van der Waals surface area contributed by atoms with Gasteiger partial charge in [-0.05, 0) is 18.2 Å². The van der Waals surface area contributed by atoms with E-state index in [0.29, 0.717) is 50.6 Å². The molecule has 0 aliphatic carbocycles. The van der Waals surface area contributed by atoms with E-state index in [9.17, 15) is 13.2 Å². The molecule has 134 valence electrons. The Hall–Kier alpha value is -1.68. The molecule has 24 heavy (non-hydrogen) atoms. The van der Waals surface area contributed by atoms with Crippen LogP contribution in [0.25, 0.3) is 0 Å². The molecular formula is C15H24N4O4S. The van der Waals surface area contributed by atoms with E-state index >= 15 is 0 Å². The zero-order valence-corrected chi connectivity index (χ0v) is 14.8. The summed E-state index contributed by atoms with van der Waals surface area (Å²) >= 11 is 0. The zero-order valence-electron chi connectivity index (χ0n) is 14.0. The van der Waals surface area contributed by atoms with Gasteiger partial charge in [-0.3, -0.25) is 4.79 Å². The number of nitrogens with zero attached hydrogens (tertiary/aromatic N) is 2. The summed E-state index contributed by atoms with van der Waals surface area (Å²) in [6.45, 7) is 3.08. The van der Waals surface area contributed by atoms with Gasteiger partial charge in [0.25, 0.3) is 5.91 Å². The van der Waals surface area contributed by atoms with E-state index in [0.717, 1.165) is 4.31 Å². The van der Waals surface area contributed by atoms with Crippen molar-refractivity contribution in [3.05, 3.63) is 23.8 Å². The summed E-state index contributed by atoms with van der Waals surface area (Å²) in [7, 11) is -0.700. The summed E-state index contributed by atoms with van der Waals surface area (Å²) in [4.78, 5) is 14.6. The largest absolute Gasteiger partial charge is 0.378 e. The van der Waals surface area contributed by atoms with Crippen molar-refractivity contribution < 1.29 is 17.9 Å². The number of ether oxygens (including phenoxy) is 1. The first-order valence-corrected chi connectivity index (χ1v) is 9.19. The highest BCUT2D eigenvalue weighted by atomic mass is 32.2. The van der Waals surface area contributed by atoms with Crippen LogP contribution in [0.4, 0.5) is 5.69 Å². The molecular weight excluding hydrogens is 332 g/mol. The second kappa shape index (κ2) is 7.93. The Morgan fingerprint density at radius 1 is 1.33 bits per heavy atom. The summed E-state index contributed by atoms with van der Waals surface area (Å²) in [5.41, 5.74) is 6.46. The lowest BCUT2D eigenvalue weighted by Gasteiger charge is -2.30. The molecule has 1 aliphatic heterocycles. The van der Waals surface area contributed by atoms with Crippen molar-refractivity contribution in [2.75, 3.05) is 58.4 Å². The highest BCUT2D eigenvalue weighted by Gasteiger charge is 2.24. The third kappa shape index (κ3) is 4.04. The third-order valence-corrected chi connectivity index (χ3v) is 5.58. The van der Waals surface area contributed by atoms with Crippen molar-refractivity contribution >= 4 is 21.6 Å². The Morgan fingerprint density at radius 2 is 2.00 bits per heavy atom. The van der Waals surface area contributed by atoms with Crippen molar-refractivity contribution in [3.63, 3.8) is 0 Å². The normalized spacial score (nSPS) is 15.6. The molecule has 8 nitrogen and oxygen atoms in total. The molecule has 0 unspecified atom stereocenters. The van der Waals surface area contributed by atoms with Crippen molar-refractivity contribution in [2.24, 2.45) is 5.73 Å². The van der Waals surface area contributed by atoms with Crippen molar-refractivity contribution in [1.29, 1.82) is 0 Å². The molecule has 1 aliphatic rings. The summed E-state index contributed by atoms with van der Waals surface area (Å²) in [6, 6.07) is 4.63. The van der Waals surface area contributed by atoms with Crippen molar-refractivity contribution in [3.8, 4) is 0 Å². The molecule has 1 heterocycles. The van der Waals surface area contributed by atoms with Gasteiger partial charge < -0.3 is 20.7 Å². The van der Waals surface area contributed by atoms with Crippen LogP contribution in [-0.2, 0) is 14.8 Å². The fraction of sp³-hybridized carbons (Fsp3) is 0.533. The van der Waals surface area contributed by atoms with Gasteiger partial charge in [-0.2, -0.15) is 0 Å². The molecule has 1 fully saturated rings. The Bertz CT molecular complexity index is 685. The summed E-state index contributed by atoms with van der Waals surface area (Å²) in [5.74, 6) is -0.335. The number of anilines is 1. The standard InChI is InChI=1S/C15H24N4O4S/c1-18(2)24(21,22)12-3-4-14(19-7-9-23-10-8-19)13(11-12)15(20)17-6-5-16/h3-4,11H,5-10,16H2,1-2H3,(H,17,20). The number of sulfonamides is 1. The van der Waals surface area contributed by atoms with Gasteiger partial charge in [-0.1, -0.05) is 0 Å². The van der Waals surface area contributed by atoms with Gasteiger partial charge >= 0.3 is 0 Å². The first kappa shape index (κ1) is 18.7. The molecule has 0 atom stereocenters. The first-order valence-electron chi connectivity index (χ1n) is 7.75. The quantitative estimate of drug-likeness (QED) is 0.709. The number of morpholine rings is 1. The molecule has 1 aromatic carbocycles. The average Bonchev–Trinajstić information content (AvgIpc) is 2.59. The zero-order chi connectivity index (χ0) is 17.7. The van der Waals surface area contributed by atoms with Crippen LogP contribution in [0.2, 0.25) is 0 Å². The molecule has 0 spiro atoms. The van der Waals surface area contributed by atoms with Gasteiger partial charge in [0.15, 0.2) is 0 Å². The van der Waals surface area contributed by atoms with E-state index in [1.54, 1.807) is 6.07 Å². The molecule has 1 amide bonds. The van der Waals surface area contributed by atoms with Gasteiger partial charge in [0, 0.05) is 46.0 Å². The minimum absolute atomic E-state index is 0.0856. The van der Waals surface area contributed by atoms with Gasteiger partial charge in [-0.15, -0.1) is 0 Å². The fourth-order valence-electron chi connectivity index (χ4n) is 2.43. The molecule has 1 aromatic rings. The second-order valence-corrected chi connectivity index (χ2v) is 7.76. The predicted molar refractivity (Wildman–Crippen MR) is 91.7 cm³/mol. The highest BCUT2D eigenvalue weighted by Crippen LogP contribution is 2.26. The average molecular weight is 356 g/mol. The number of hydrogen-bond acceptors (Lipinski definition) is 6. The maximum absolute atomic E-state index is 12.5. The smallest absolute Gasteiger partial charge is 0.253 e. The van der Waals surface area contributed by atoms with Crippen LogP contribution in [0.5, 0.6) is 0 Å². The maximum atomic E-state index is 12.5. The topological polar surface area (TPSA) is 105 Å². The van der Waals surface area contributed by atoms with Gasteiger partial charge in [-0.25, -0.2) is 12.7 Å². The van der Waals surface area contributed by atoms with Crippen molar-refractivity contribution in [2.45, 2.75) is 4.90 Å². The Balaban J connectivity index is 2.45. The van der Waals surface area contributed by atoms with Crippen LogP contribution in [0.1, 0.15) is 10.4 Å². The minimum Gasteiger partial charge on any atom is -0.378 e. The monoisotopic (exact) mass is 356 g/mol. The summed E-state index contributed by atoms with van der Waals surface area (Å²) in [5, 5.41) is 2.71. The number of benzene rings is 1. The van der Waals surface area contributed by atoms with Crippen LogP contribution in [0, 0.1) is 0 Å². The number of rotatable bonds is 6. The van der Waals surface area contributed by atoms with Crippen LogP contribution in [-0.4, -0.2) is 72.1 Å². The molecule has 0 bridgehead atoms. The van der Waals surface area contributed by atoms with Crippen LogP contribution < -0.4 is 16.0 Å². The first-order chi connectivity index (χ1) is 11.4. The van der Waals surface area contributed by atoms with E-state index in [2.05, 4.69) is 5.32 Å². The second-order valence-electron chi connectivity index (χ2n) is 5.61. The van der Waals surface area contributed by atoms with E-state index in [1.165, 1.54) is 26.2 Å². The molecule has 2 rings (SSSR count). The summed E-state index contributed by atoms with van der Waals surface area (Å²) in [6.07, 6.45) is 0. The third-order valence-electron chi connectivity index (χ3n) is 3.77. The summed E-state index contributed by atoms with van der Waals surface area (Å²) < 4.78 is 31.2. The highest BCUT2D eigenvalue weighted by molar-refractivity contribution is 7.89. The molecule has 3 N–H and O–H groups in total. The minimum atomic E-state index is -3.62. The number of nitrogens with one attached hydrogen (secondary N) is 1. The predicted octanol–water partition coefficient (Wildman–Crippen LogP) is -0.538. The van der Waals surface area contributed by atoms with Crippen LogP contribution >= 0.6 is 0 Å². The van der Waals surface area contributed by atoms with Gasteiger partial charge in [0.1, 0.15) is 0 Å². The van der Waals surface area contributed by atoms with Gasteiger partial charge in [0.2, 0.25) is 10.0 Å². The lowest BCUT2D eigenvalue weighted by Crippen LogP contribution is -2.38. The fourth-order valence-corrected chi connectivity index (χ4v) is 3.36. The van der Waals surface area contributed by atoms with Gasteiger partial charge in [0.05, 0.1) is 23.7 Å². The molecule has 0 radical (unpaired) electrons. The van der Waals surface area contributed by atoms with E-state index < -0.39 is 10.0 Å².